The summed E-state index contributed by atoms with van der Waals surface area (Å²) < 4.78 is 1.01. The number of nitrogens with zero attached hydrogens (tertiary/aromatic N) is 2. The number of rotatable bonds is 6. The normalized spacial score (nSPS) is 10.6. The van der Waals surface area contributed by atoms with Gasteiger partial charge >= 0.3 is 0 Å². The van der Waals surface area contributed by atoms with Gasteiger partial charge in [0.25, 0.3) is 0 Å². The summed E-state index contributed by atoms with van der Waals surface area (Å²) in [6, 6.07) is 2.51. The van der Waals surface area contributed by atoms with Crippen molar-refractivity contribution in [1.82, 2.24) is 10.3 Å². The average Bonchev–Trinajstić information content (AvgIpc) is 2.27. The Morgan fingerprint density at radius 3 is 2.82 bits per heavy atom. The molecule has 0 unspecified atom stereocenters. The molecule has 1 N–H and O–H groups in total. The zero-order chi connectivity index (χ0) is 12.8. The number of nitrogens with one attached hydrogen (secondary N) is 1. The number of hydrogen-bond acceptors (Lipinski definition) is 3. The third-order valence-electron chi connectivity index (χ3n) is 2.50. The maximum atomic E-state index is 4.53. The number of halogens is 1. The summed E-state index contributed by atoms with van der Waals surface area (Å²) in [6.07, 6.45) is 3.75. The van der Waals surface area contributed by atoms with E-state index in [0.717, 1.165) is 23.4 Å². The van der Waals surface area contributed by atoms with Gasteiger partial charge in [-0.15, -0.1) is 6.58 Å². The van der Waals surface area contributed by atoms with Gasteiger partial charge in [-0.05, 0) is 42.9 Å². The second-order valence-corrected chi connectivity index (χ2v) is 5.12. The molecule has 1 heterocycles. The SMILES string of the molecule is C=CCN(c1ncc(Br)cc1CNC)C(C)C. The minimum absolute atomic E-state index is 0.400. The highest BCUT2D eigenvalue weighted by Gasteiger charge is 2.14. The van der Waals surface area contributed by atoms with Crippen LogP contribution in [0.15, 0.2) is 29.4 Å². The largest absolute Gasteiger partial charge is 0.350 e. The zero-order valence-electron chi connectivity index (χ0n) is 10.7. The van der Waals surface area contributed by atoms with Crippen LogP contribution >= 0.6 is 15.9 Å². The lowest BCUT2D eigenvalue weighted by atomic mass is 10.2. The van der Waals surface area contributed by atoms with E-state index >= 15 is 0 Å². The first-order valence-corrected chi connectivity index (χ1v) is 6.56. The van der Waals surface area contributed by atoms with E-state index in [9.17, 15) is 0 Å². The fourth-order valence-corrected chi connectivity index (χ4v) is 2.11. The molecule has 3 nitrogen and oxygen atoms in total. The molecule has 0 saturated heterocycles. The van der Waals surface area contributed by atoms with Gasteiger partial charge in [-0.2, -0.15) is 0 Å². The van der Waals surface area contributed by atoms with Crippen molar-refractivity contribution in [1.29, 1.82) is 0 Å². The highest BCUT2D eigenvalue weighted by atomic mass is 79.9. The molecule has 1 aromatic heterocycles. The van der Waals surface area contributed by atoms with Crippen LogP contribution in [0.25, 0.3) is 0 Å². The molecule has 0 saturated carbocycles. The van der Waals surface area contributed by atoms with Crippen molar-refractivity contribution in [3.63, 3.8) is 0 Å². The maximum absolute atomic E-state index is 4.53. The summed E-state index contributed by atoms with van der Waals surface area (Å²) in [4.78, 5) is 6.77. The van der Waals surface area contributed by atoms with Crippen LogP contribution in [0.4, 0.5) is 5.82 Å². The van der Waals surface area contributed by atoms with Crippen LogP contribution in [0.2, 0.25) is 0 Å². The van der Waals surface area contributed by atoms with Gasteiger partial charge in [0.2, 0.25) is 0 Å². The molecule has 1 rings (SSSR count). The smallest absolute Gasteiger partial charge is 0.133 e. The van der Waals surface area contributed by atoms with Gasteiger partial charge in [0, 0.05) is 35.4 Å². The van der Waals surface area contributed by atoms with Gasteiger partial charge < -0.3 is 10.2 Å². The molecule has 0 aliphatic carbocycles. The first-order chi connectivity index (χ1) is 8.10. The van der Waals surface area contributed by atoms with Crippen LogP contribution in [-0.4, -0.2) is 24.6 Å². The summed E-state index contributed by atoms with van der Waals surface area (Å²) in [7, 11) is 1.94. The third-order valence-corrected chi connectivity index (χ3v) is 2.93. The van der Waals surface area contributed by atoms with Crippen molar-refractivity contribution in [2.75, 3.05) is 18.5 Å². The van der Waals surface area contributed by atoms with Gasteiger partial charge in [0.15, 0.2) is 0 Å². The lowest BCUT2D eigenvalue weighted by Crippen LogP contribution is -2.33. The summed E-state index contributed by atoms with van der Waals surface area (Å²) in [5.74, 6) is 1.03. The second-order valence-electron chi connectivity index (χ2n) is 4.20. The fourth-order valence-electron chi connectivity index (χ4n) is 1.73. The van der Waals surface area contributed by atoms with E-state index < -0.39 is 0 Å². The number of aromatic nitrogens is 1. The average molecular weight is 298 g/mol. The monoisotopic (exact) mass is 297 g/mol. The second kappa shape index (κ2) is 6.77. The first-order valence-electron chi connectivity index (χ1n) is 5.76. The molecule has 0 aliphatic rings. The fraction of sp³-hybridized carbons (Fsp3) is 0.462. The highest BCUT2D eigenvalue weighted by molar-refractivity contribution is 9.10. The van der Waals surface area contributed by atoms with Crippen LogP contribution in [0, 0.1) is 0 Å². The number of anilines is 1. The van der Waals surface area contributed by atoms with Crippen LogP contribution in [0.1, 0.15) is 19.4 Å². The zero-order valence-corrected chi connectivity index (χ0v) is 12.3. The molecule has 94 valence electrons. The Balaban J connectivity index is 3.11. The first kappa shape index (κ1) is 14.2. The van der Waals surface area contributed by atoms with Crippen molar-refractivity contribution in [3.8, 4) is 0 Å². The molecule has 1 aromatic rings. The van der Waals surface area contributed by atoms with Crippen molar-refractivity contribution in [2.45, 2.75) is 26.4 Å². The minimum atomic E-state index is 0.400. The molecule has 0 spiro atoms. The predicted octanol–water partition coefficient (Wildman–Crippen LogP) is 2.96. The van der Waals surface area contributed by atoms with E-state index in [1.54, 1.807) is 0 Å². The van der Waals surface area contributed by atoms with Crippen LogP contribution in [-0.2, 0) is 6.54 Å². The Labute approximate surface area is 112 Å². The van der Waals surface area contributed by atoms with Gasteiger partial charge in [-0.3, -0.25) is 0 Å². The molecule has 0 radical (unpaired) electrons. The lowest BCUT2D eigenvalue weighted by molar-refractivity contribution is 0.699. The molecular weight excluding hydrogens is 278 g/mol. The Hall–Kier alpha value is -0.870. The van der Waals surface area contributed by atoms with E-state index in [2.05, 4.69) is 57.6 Å². The molecule has 0 atom stereocenters. The molecule has 0 aromatic carbocycles. The van der Waals surface area contributed by atoms with Gasteiger partial charge in [0.1, 0.15) is 5.82 Å². The third kappa shape index (κ3) is 3.82. The quantitative estimate of drug-likeness (QED) is 0.818. The molecule has 0 amide bonds. The van der Waals surface area contributed by atoms with E-state index in [1.165, 1.54) is 5.56 Å². The van der Waals surface area contributed by atoms with E-state index in [4.69, 9.17) is 0 Å². The topological polar surface area (TPSA) is 28.2 Å². The standard InChI is InChI=1S/C13H20BrN3/c1-5-6-17(10(2)3)13-11(8-15-4)7-12(14)9-16-13/h5,7,9-10,15H,1,6,8H2,2-4H3. The number of hydrogen-bond donors (Lipinski definition) is 1. The van der Waals surface area contributed by atoms with E-state index in [1.807, 2.05) is 19.3 Å². The highest BCUT2D eigenvalue weighted by Crippen LogP contribution is 2.23. The van der Waals surface area contributed by atoms with Crippen molar-refractivity contribution < 1.29 is 0 Å². The maximum Gasteiger partial charge on any atom is 0.133 e. The van der Waals surface area contributed by atoms with E-state index in [0.29, 0.717) is 6.04 Å². The Morgan fingerprint density at radius 2 is 2.29 bits per heavy atom. The van der Waals surface area contributed by atoms with E-state index in [-0.39, 0.29) is 0 Å². The Morgan fingerprint density at radius 1 is 1.59 bits per heavy atom. The number of pyridine rings is 1. The molecule has 17 heavy (non-hydrogen) atoms. The molecular formula is C13H20BrN3. The molecule has 4 heteroatoms. The van der Waals surface area contributed by atoms with Gasteiger partial charge in [-0.1, -0.05) is 6.08 Å². The van der Waals surface area contributed by atoms with Crippen molar-refractivity contribution in [3.05, 3.63) is 35.0 Å². The predicted molar refractivity (Wildman–Crippen MR) is 77.4 cm³/mol. The van der Waals surface area contributed by atoms with Crippen LogP contribution in [0.3, 0.4) is 0 Å². The summed E-state index contributed by atoms with van der Waals surface area (Å²) in [5, 5.41) is 3.17. The molecule has 0 fully saturated rings. The summed E-state index contributed by atoms with van der Waals surface area (Å²) >= 11 is 3.46. The van der Waals surface area contributed by atoms with Crippen LogP contribution in [0.5, 0.6) is 0 Å². The van der Waals surface area contributed by atoms with Crippen LogP contribution < -0.4 is 10.2 Å². The Bertz CT molecular complexity index is 377. The minimum Gasteiger partial charge on any atom is -0.350 e. The lowest BCUT2D eigenvalue weighted by Gasteiger charge is -2.28. The van der Waals surface area contributed by atoms with Gasteiger partial charge in [0.05, 0.1) is 0 Å². The molecule has 0 aliphatic heterocycles. The van der Waals surface area contributed by atoms with Gasteiger partial charge in [-0.25, -0.2) is 4.98 Å². The van der Waals surface area contributed by atoms with Crippen molar-refractivity contribution in [2.24, 2.45) is 0 Å². The molecule has 0 bridgehead atoms. The summed E-state index contributed by atoms with van der Waals surface area (Å²) in [5.41, 5.74) is 1.19. The van der Waals surface area contributed by atoms with Crippen molar-refractivity contribution >= 4 is 21.7 Å². The summed E-state index contributed by atoms with van der Waals surface area (Å²) in [6.45, 7) is 9.75. The Kier molecular flexibility index (Phi) is 5.65.